The van der Waals surface area contributed by atoms with Crippen molar-refractivity contribution in [3.05, 3.63) is 41.1 Å². The van der Waals surface area contributed by atoms with Crippen LogP contribution < -0.4 is 10.6 Å². The van der Waals surface area contributed by atoms with Crippen LogP contribution in [-0.4, -0.2) is 11.4 Å². The Balaban J connectivity index is 2.92. The molecule has 0 spiro atoms. The van der Waals surface area contributed by atoms with Gasteiger partial charge in [-0.15, -0.1) is 0 Å². The van der Waals surface area contributed by atoms with E-state index in [0.717, 1.165) is 16.8 Å². The Hall–Kier alpha value is -2.28. The maximum Gasteiger partial charge on any atom is 0.263 e. The highest BCUT2D eigenvalue weighted by atomic mass is 16.1. The summed E-state index contributed by atoms with van der Waals surface area (Å²) in [7, 11) is 0. The van der Waals surface area contributed by atoms with Crippen molar-refractivity contribution in [2.45, 2.75) is 40.2 Å². The second-order valence-corrected chi connectivity index (χ2v) is 5.79. The number of nitriles is 1. The fourth-order valence-corrected chi connectivity index (χ4v) is 1.74. The standard InChI is InChI=1S/C16H21N3O/c1-11-7-6-8-12(2)14(11)18-10-13(9-17)15(20)19-16(3,4)5/h6-8,10,18H,1-5H3,(H,19,20)/b13-10-. The van der Waals surface area contributed by atoms with Crippen LogP contribution in [0.2, 0.25) is 0 Å². The van der Waals surface area contributed by atoms with Gasteiger partial charge in [-0.2, -0.15) is 5.26 Å². The van der Waals surface area contributed by atoms with Gasteiger partial charge in [-0.25, -0.2) is 0 Å². The molecule has 0 radical (unpaired) electrons. The van der Waals surface area contributed by atoms with Crippen molar-refractivity contribution in [1.29, 1.82) is 5.26 Å². The molecule has 4 heteroatoms. The van der Waals surface area contributed by atoms with Crippen LogP contribution in [0.3, 0.4) is 0 Å². The normalized spacial score (nSPS) is 11.7. The average molecular weight is 271 g/mol. The minimum Gasteiger partial charge on any atom is -0.360 e. The van der Waals surface area contributed by atoms with Gasteiger partial charge in [-0.1, -0.05) is 18.2 Å². The molecule has 0 bridgehead atoms. The summed E-state index contributed by atoms with van der Waals surface area (Å²) in [5.74, 6) is -0.376. The molecule has 0 heterocycles. The Morgan fingerprint density at radius 1 is 1.25 bits per heavy atom. The third-order valence-corrected chi connectivity index (χ3v) is 2.70. The highest BCUT2D eigenvalue weighted by molar-refractivity contribution is 5.98. The van der Waals surface area contributed by atoms with E-state index >= 15 is 0 Å². The van der Waals surface area contributed by atoms with Crippen molar-refractivity contribution < 1.29 is 4.79 Å². The van der Waals surface area contributed by atoms with Crippen LogP contribution in [0.1, 0.15) is 31.9 Å². The predicted octanol–water partition coefficient (Wildman–Crippen LogP) is 3.04. The molecule has 0 unspecified atom stereocenters. The van der Waals surface area contributed by atoms with Crippen LogP contribution in [0.4, 0.5) is 5.69 Å². The topological polar surface area (TPSA) is 64.9 Å². The van der Waals surface area contributed by atoms with Crippen LogP contribution >= 0.6 is 0 Å². The number of nitrogens with zero attached hydrogens (tertiary/aromatic N) is 1. The molecule has 0 aliphatic rings. The van der Waals surface area contributed by atoms with Gasteiger partial charge >= 0.3 is 0 Å². The fraction of sp³-hybridized carbons (Fsp3) is 0.375. The molecule has 0 aliphatic carbocycles. The van der Waals surface area contributed by atoms with Crippen LogP contribution in [0.15, 0.2) is 30.0 Å². The van der Waals surface area contributed by atoms with Crippen LogP contribution in [0.25, 0.3) is 0 Å². The number of anilines is 1. The minimum absolute atomic E-state index is 0.0579. The molecule has 106 valence electrons. The van der Waals surface area contributed by atoms with Gasteiger partial charge < -0.3 is 10.6 Å². The number of rotatable bonds is 3. The second-order valence-electron chi connectivity index (χ2n) is 5.79. The maximum absolute atomic E-state index is 11.9. The Bertz CT molecular complexity index is 554. The van der Waals surface area contributed by atoms with E-state index in [2.05, 4.69) is 10.6 Å². The SMILES string of the molecule is Cc1cccc(C)c1N/C=C(/C#N)C(=O)NC(C)(C)C. The Labute approximate surface area is 120 Å². The number of nitrogens with one attached hydrogen (secondary N) is 2. The van der Waals surface area contributed by atoms with Gasteiger partial charge in [0, 0.05) is 17.4 Å². The zero-order chi connectivity index (χ0) is 15.3. The summed E-state index contributed by atoms with van der Waals surface area (Å²) in [6.07, 6.45) is 1.45. The summed E-state index contributed by atoms with van der Waals surface area (Å²) in [5, 5.41) is 14.9. The van der Waals surface area contributed by atoms with E-state index in [1.54, 1.807) is 0 Å². The van der Waals surface area contributed by atoms with E-state index in [4.69, 9.17) is 5.26 Å². The van der Waals surface area contributed by atoms with Gasteiger partial charge in [0.15, 0.2) is 0 Å². The molecule has 20 heavy (non-hydrogen) atoms. The summed E-state index contributed by atoms with van der Waals surface area (Å²) < 4.78 is 0. The molecule has 2 N–H and O–H groups in total. The van der Waals surface area contributed by atoms with E-state index in [0.29, 0.717) is 0 Å². The number of hydrogen-bond acceptors (Lipinski definition) is 3. The van der Waals surface area contributed by atoms with Crippen LogP contribution in [0.5, 0.6) is 0 Å². The first-order valence-corrected chi connectivity index (χ1v) is 6.50. The lowest BCUT2D eigenvalue weighted by Crippen LogP contribution is -2.41. The molecular formula is C16H21N3O. The number of hydrogen-bond donors (Lipinski definition) is 2. The summed E-state index contributed by atoms with van der Waals surface area (Å²) in [6.45, 7) is 9.57. The monoisotopic (exact) mass is 271 g/mol. The lowest BCUT2D eigenvalue weighted by molar-refractivity contribution is -0.118. The summed E-state index contributed by atoms with van der Waals surface area (Å²) in [4.78, 5) is 11.9. The summed E-state index contributed by atoms with van der Waals surface area (Å²) >= 11 is 0. The number of carbonyl (C=O) groups is 1. The van der Waals surface area contributed by atoms with Crippen molar-refractivity contribution in [3.63, 3.8) is 0 Å². The second kappa shape index (κ2) is 6.25. The molecule has 1 amide bonds. The van der Waals surface area contributed by atoms with Crippen molar-refractivity contribution in [2.75, 3.05) is 5.32 Å². The van der Waals surface area contributed by atoms with Gasteiger partial charge in [0.25, 0.3) is 5.91 Å². The molecule has 1 rings (SSSR count). The molecule has 0 aliphatic heterocycles. The van der Waals surface area contributed by atoms with Gasteiger partial charge in [0.1, 0.15) is 11.6 Å². The molecule has 0 aromatic heterocycles. The third kappa shape index (κ3) is 4.43. The van der Waals surface area contributed by atoms with E-state index in [1.165, 1.54) is 6.20 Å². The smallest absolute Gasteiger partial charge is 0.263 e. The first-order valence-electron chi connectivity index (χ1n) is 6.50. The zero-order valence-corrected chi connectivity index (χ0v) is 12.7. The van der Waals surface area contributed by atoms with E-state index in [1.807, 2.05) is 58.9 Å². The Morgan fingerprint density at radius 3 is 2.25 bits per heavy atom. The highest BCUT2D eigenvalue weighted by Gasteiger charge is 2.17. The molecule has 1 aromatic carbocycles. The number of para-hydroxylation sites is 1. The predicted molar refractivity (Wildman–Crippen MR) is 81.1 cm³/mol. The molecule has 1 aromatic rings. The van der Waals surface area contributed by atoms with Gasteiger partial charge in [0.05, 0.1) is 0 Å². The van der Waals surface area contributed by atoms with Crippen molar-refractivity contribution >= 4 is 11.6 Å². The zero-order valence-electron chi connectivity index (χ0n) is 12.7. The van der Waals surface area contributed by atoms with Gasteiger partial charge in [-0.05, 0) is 45.7 Å². The quantitative estimate of drug-likeness (QED) is 0.656. The van der Waals surface area contributed by atoms with Crippen LogP contribution in [0, 0.1) is 25.2 Å². The lowest BCUT2D eigenvalue weighted by Gasteiger charge is -2.20. The summed E-state index contributed by atoms with van der Waals surface area (Å²) in [6, 6.07) is 7.84. The Kier molecular flexibility index (Phi) is 4.93. The number of benzene rings is 1. The minimum atomic E-state index is -0.376. The Morgan fingerprint density at radius 2 is 1.80 bits per heavy atom. The molecule has 4 nitrogen and oxygen atoms in total. The first-order chi connectivity index (χ1) is 9.24. The van der Waals surface area contributed by atoms with Gasteiger partial charge in [-0.3, -0.25) is 4.79 Å². The molecule has 0 atom stereocenters. The number of aryl methyl sites for hydroxylation is 2. The largest absolute Gasteiger partial charge is 0.360 e. The van der Waals surface area contributed by atoms with Crippen LogP contribution in [-0.2, 0) is 4.79 Å². The molecule has 0 saturated carbocycles. The summed E-state index contributed by atoms with van der Waals surface area (Å²) in [5.41, 5.74) is 2.74. The first kappa shape index (κ1) is 15.8. The van der Waals surface area contributed by atoms with Crippen molar-refractivity contribution in [1.82, 2.24) is 5.32 Å². The molecular weight excluding hydrogens is 250 g/mol. The average Bonchev–Trinajstić information content (AvgIpc) is 2.30. The fourth-order valence-electron chi connectivity index (χ4n) is 1.74. The van der Waals surface area contributed by atoms with E-state index in [9.17, 15) is 4.79 Å². The maximum atomic E-state index is 11.9. The van der Waals surface area contributed by atoms with E-state index in [-0.39, 0.29) is 17.0 Å². The van der Waals surface area contributed by atoms with Crippen molar-refractivity contribution in [3.8, 4) is 6.07 Å². The number of amides is 1. The molecule has 0 saturated heterocycles. The third-order valence-electron chi connectivity index (χ3n) is 2.70. The van der Waals surface area contributed by atoms with E-state index < -0.39 is 0 Å². The molecule has 0 fully saturated rings. The highest BCUT2D eigenvalue weighted by Crippen LogP contribution is 2.19. The lowest BCUT2D eigenvalue weighted by atomic mass is 10.1. The van der Waals surface area contributed by atoms with Gasteiger partial charge in [0.2, 0.25) is 0 Å². The van der Waals surface area contributed by atoms with Crippen molar-refractivity contribution in [2.24, 2.45) is 0 Å². The number of carbonyl (C=O) groups excluding carboxylic acids is 1.